The van der Waals surface area contributed by atoms with Crippen molar-refractivity contribution in [2.45, 2.75) is 51.7 Å². The monoisotopic (exact) mass is 368 g/mol. The van der Waals surface area contributed by atoms with Crippen LogP contribution in [-0.4, -0.2) is 26.1 Å². The minimum Gasteiger partial charge on any atom is -0.404 e. The van der Waals surface area contributed by atoms with Gasteiger partial charge >= 0.3 is 0 Å². The fraction of sp³-hybridized carbons (Fsp3) is 0.391. The third-order valence-corrected chi connectivity index (χ3v) is 9.94. The molecule has 140 valence electrons. The summed E-state index contributed by atoms with van der Waals surface area (Å²) in [5.41, 5.74) is 0. The lowest BCUT2D eigenvalue weighted by molar-refractivity contribution is 0.146. The molecule has 0 amide bonds. The van der Waals surface area contributed by atoms with E-state index in [0.717, 1.165) is 6.42 Å². The largest absolute Gasteiger partial charge is 0.404 e. The normalized spacial score (nSPS) is 13.9. The summed E-state index contributed by atoms with van der Waals surface area (Å²) in [6, 6.07) is 21.3. The molecule has 0 aliphatic carbocycles. The molecule has 2 nitrogen and oxygen atoms in total. The van der Waals surface area contributed by atoms with Crippen molar-refractivity contribution in [3.8, 4) is 0 Å². The molecule has 2 aromatic carbocycles. The fourth-order valence-corrected chi connectivity index (χ4v) is 8.33. The van der Waals surface area contributed by atoms with Gasteiger partial charge in [-0.3, -0.25) is 0 Å². The Hall–Kier alpha value is -1.68. The molecule has 2 rings (SSSR count). The van der Waals surface area contributed by atoms with Crippen LogP contribution in [-0.2, 0) is 4.43 Å². The SMILES string of the molecule is C/C=C\C[C@H](CCO)O[Si](c1ccccc1)(c1ccccc1)C(C)(C)C. The van der Waals surface area contributed by atoms with Crippen LogP contribution < -0.4 is 10.4 Å². The van der Waals surface area contributed by atoms with E-state index in [-0.39, 0.29) is 17.7 Å². The molecule has 0 radical (unpaired) electrons. The summed E-state index contributed by atoms with van der Waals surface area (Å²) in [5, 5.41) is 12.1. The molecule has 0 bridgehead atoms. The molecule has 0 aliphatic heterocycles. The van der Waals surface area contributed by atoms with Crippen LogP contribution >= 0.6 is 0 Å². The summed E-state index contributed by atoms with van der Waals surface area (Å²) >= 11 is 0. The molecule has 0 unspecified atom stereocenters. The van der Waals surface area contributed by atoms with Gasteiger partial charge in [0.25, 0.3) is 8.32 Å². The van der Waals surface area contributed by atoms with E-state index in [4.69, 9.17) is 4.43 Å². The van der Waals surface area contributed by atoms with Crippen LogP contribution in [0.1, 0.15) is 40.5 Å². The maximum absolute atomic E-state index is 9.59. The zero-order valence-electron chi connectivity index (χ0n) is 16.5. The Morgan fingerprint density at radius 3 is 1.85 bits per heavy atom. The Kier molecular flexibility index (Phi) is 7.39. The summed E-state index contributed by atoms with van der Waals surface area (Å²) in [6.45, 7) is 9.01. The van der Waals surface area contributed by atoms with Crippen molar-refractivity contribution in [1.82, 2.24) is 0 Å². The molecule has 0 saturated heterocycles. The van der Waals surface area contributed by atoms with Gasteiger partial charge in [-0.1, -0.05) is 93.6 Å². The molecular formula is C23H32O2Si. The highest BCUT2D eigenvalue weighted by molar-refractivity contribution is 6.99. The van der Waals surface area contributed by atoms with Crippen LogP contribution in [0.3, 0.4) is 0 Å². The summed E-state index contributed by atoms with van der Waals surface area (Å²) in [5.74, 6) is 0. The van der Waals surface area contributed by atoms with Crippen molar-refractivity contribution in [1.29, 1.82) is 0 Å². The van der Waals surface area contributed by atoms with Gasteiger partial charge in [0.15, 0.2) is 0 Å². The van der Waals surface area contributed by atoms with Gasteiger partial charge < -0.3 is 9.53 Å². The lowest BCUT2D eigenvalue weighted by atomic mass is 10.2. The second kappa shape index (κ2) is 9.31. The van der Waals surface area contributed by atoms with E-state index in [9.17, 15) is 5.11 Å². The minimum atomic E-state index is -2.54. The van der Waals surface area contributed by atoms with E-state index >= 15 is 0 Å². The van der Waals surface area contributed by atoms with Crippen LogP contribution in [0.5, 0.6) is 0 Å². The van der Waals surface area contributed by atoms with E-state index in [1.165, 1.54) is 10.4 Å². The van der Waals surface area contributed by atoms with Crippen molar-refractivity contribution in [3.63, 3.8) is 0 Å². The Morgan fingerprint density at radius 2 is 1.46 bits per heavy atom. The number of hydrogen-bond acceptors (Lipinski definition) is 2. The van der Waals surface area contributed by atoms with Gasteiger partial charge in [0.05, 0.1) is 6.10 Å². The first-order chi connectivity index (χ1) is 12.5. The highest BCUT2D eigenvalue weighted by atomic mass is 28.4. The standard InChI is InChI=1S/C23H32O2Si/c1-5-6-13-20(18-19-24)25-26(23(2,3)4,21-14-9-7-10-15-21)22-16-11-8-12-17-22/h5-12,14-17,20,24H,13,18-19H2,1-4H3/b6-5-/t20-/m1/s1. The van der Waals surface area contributed by atoms with Gasteiger partial charge in [-0.25, -0.2) is 0 Å². The summed E-state index contributed by atoms with van der Waals surface area (Å²) in [4.78, 5) is 0. The third-order valence-electron chi connectivity index (χ3n) is 4.85. The van der Waals surface area contributed by atoms with E-state index < -0.39 is 8.32 Å². The minimum absolute atomic E-state index is 0.00232. The summed E-state index contributed by atoms with van der Waals surface area (Å²) in [6.07, 6.45) is 5.66. The molecule has 0 aromatic heterocycles. The van der Waals surface area contributed by atoms with Crippen molar-refractivity contribution in [2.24, 2.45) is 0 Å². The van der Waals surface area contributed by atoms with Crippen molar-refractivity contribution in [2.75, 3.05) is 6.61 Å². The van der Waals surface area contributed by atoms with Crippen LogP contribution in [0.15, 0.2) is 72.8 Å². The lowest BCUT2D eigenvalue weighted by Gasteiger charge is -2.45. The number of aliphatic hydroxyl groups excluding tert-OH is 1. The van der Waals surface area contributed by atoms with Crippen LogP contribution in [0, 0.1) is 0 Å². The van der Waals surface area contributed by atoms with Crippen LogP contribution in [0.2, 0.25) is 5.04 Å². The molecule has 0 fully saturated rings. The number of hydrogen-bond donors (Lipinski definition) is 1. The maximum Gasteiger partial charge on any atom is 0.261 e. The second-order valence-corrected chi connectivity index (χ2v) is 12.0. The average Bonchev–Trinajstić information content (AvgIpc) is 2.64. The third kappa shape index (κ3) is 4.53. The quantitative estimate of drug-likeness (QED) is 0.557. The first kappa shape index (κ1) is 20.6. The van der Waals surface area contributed by atoms with E-state index in [0.29, 0.717) is 6.42 Å². The number of benzene rings is 2. The lowest BCUT2D eigenvalue weighted by Crippen LogP contribution is -2.67. The highest BCUT2D eigenvalue weighted by Gasteiger charge is 2.51. The van der Waals surface area contributed by atoms with Crippen LogP contribution in [0.25, 0.3) is 0 Å². The van der Waals surface area contributed by atoms with Gasteiger partial charge in [0, 0.05) is 6.61 Å². The first-order valence-electron chi connectivity index (χ1n) is 9.46. The average molecular weight is 369 g/mol. The Bertz CT molecular complexity index is 635. The fourth-order valence-electron chi connectivity index (χ4n) is 3.60. The number of allylic oxidation sites excluding steroid dienone is 1. The molecule has 0 saturated carbocycles. The molecule has 26 heavy (non-hydrogen) atoms. The highest BCUT2D eigenvalue weighted by Crippen LogP contribution is 2.38. The summed E-state index contributed by atoms with van der Waals surface area (Å²) in [7, 11) is -2.54. The van der Waals surface area contributed by atoms with Crippen molar-refractivity contribution < 1.29 is 9.53 Å². The summed E-state index contributed by atoms with van der Waals surface area (Å²) < 4.78 is 7.04. The van der Waals surface area contributed by atoms with Crippen molar-refractivity contribution in [3.05, 3.63) is 72.8 Å². The molecule has 0 heterocycles. The molecule has 1 atom stereocenters. The maximum atomic E-state index is 9.59. The zero-order chi connectivity index (χ0) is 19.0. The topological polar surface area (TPSA) is 29.5 Å². The van der Waals surface area contributed by atoms with E-state index in [2.05, 4.69) is 93.6 Å². The number of aliphatic hydroxyl groups is 1. The Morgan fingerprint density at radius 1 is 0.962 bits per heavy atom. The number of rotatable bonds is 8. The Labute approximate surface area is 159 Å². The molecule has 0 spiro atoms. The molecule has 3 heteroatoms. The van der Waals surface area contributed by atoms with Gasteiger partial charge in [-0.2, -0.15) is 0 Å². The molecular weight excluding hydrogens is 336 g/mol. The van der Waals surface area contributed by atoms with Crippen molar-refractivity contribution >= 4 is 18.7 Å². The van der Waals surface area contributed by atoms with Gasteiger partial charge in [-0.15, -0.1) is 0 Å². The predicted octanol–water partition coefficient (Wildman–Crippen LogP) is 4.28. The van der Waals surface area contributed by atoms with Gasteiger partial charge in [-0.05, 0) is 35.2 Å². The van der Waals surface area contributed by atoms with E-state index in [1.54, 1.807) is 0 Å². The smallest absolute Gasteiger partial charge is 0.261 e. The van der Waals surface area contributed by atoms with Gasteiger partial charge in [0.1, 0.15) is 0 Å². The second-order valence-electron chi connectivity index (χ2n) is 7.72. The first-order valence-corrected chi connectivity index (χ1v) is 11.4. The molecule has 0 aliphatic rings. The molecule has 1 N–H and O–H groups in total. The zero-order valence-corrected chi connectivity index (χ0v) is 17.5. The predicted molar refractivity (Wildman–Crippen MR) is 114 cm³/mol. The van der Waals surface area contributed by atoms with Gasteiger partial charge in [0.2, 0.25) is 0 Å². The Balaban J connectivity index is 2.63. The molecule has 2 aromatic rings. The van der Waals surface area contributed by atoms with Crippen LogP contribution in [0.4, 0.5) is 0 Å². The van der Waals surface area contributed by atoms with E-state index in [1.807, 2.05) is 6.92 Å².